The molecule has 21 heavy (non-hydrogen) atoms. The van der Waals surface area contributed by atoms with Crippen LogP contribution in [-0.2, 0) is 14.3 Å². The SMILES string of the molecule is CCOC(=O)CC(=O)/C=C(\O)c1ccc(OC)c(OC)c1. The van der Waals surface area contributed by atoms with Gasteiger partial charge in [0, 0.05) is 11.6 Å². The molecule has 1 N–H and O–H groups in total. The third-order valence-corrected chi connectivity index (χ3v) is 2.60. The van der Waals surface area contributed by atoms with E-state index in [2.05, 4.69) is 4.74 Å². The van der Waals surface area contributed by atoms with E-state index < -0.39 is 18.2 Å². The Morgan fingerprint density at radius 2 is 1.86 bits per heavy atom. The van der Waals surface area contributed by atoms with E-state index in [9.17, 15) is 14.7 Å². The van der Waals surface area contributed by atoms with Crippen LogP contribution in [0.4, 0.5) is 0 Å². The van der Waals surface area contributed by atoms with Gasteiger partial charge in [0.1, 0.15) is 12.2 Å². The summed E-state index contributed by atoms with van der Waals surface area (Å²) in [5, 5.41) is 9.91. The maximum absolute atomic E-state index is 11.6. The Kier molecular flexibility index (Phi) is 6.26. The highest BCUT2D eigenvalue weighted by molar-refractivity contribution is 6.04. The summed E-state index contributed by atoms with van der Waals surface area (Å²) in [6, 6.07) is 4.71. The van der Waals surface area contributed by atoms with Gasteiger partial charge in [-0.25, -0.2) is 0 Å². The third-order valence-electron chi connectivity index (χ3n) is 2.60. The predicted molar refractivity (Wildman–Crippen MR) is 76.4 cm³/mol. The highest BCUT2D eigenvalue weighted by Gasteiger charge is 2.11. The molecule has 0 aliphatic rings. The van der Waals surface area contributed by atoms with Gasteiger partial charge in [-0.3, -0.25) is 9.59 Å². The molecule has 114 valence electrons. The minimum absolute atomic E-state index is 0.206. The van der Waals surface area contributed by atoms with Crippen molar-refractivity contribution in [2.45, 2.75) is 13.3 Å². The first kappa shape index (κ1) is 16.6. The van der Waals surface area contributed by atoms with Gasteiger partial charge in [-0.2, -0.15) is 0 Å². The van der Waals surface area contributed by atoms with E-state index in [1.165, 1.54) is 20.3 Å². The molecule has 0 bridgehead atoms. The molecule has 0 radical (unpaired) electrons. The van der Waals surface area contributed by atoms with Gasteiger partial charge in [0.2, 0.25) is 0 Å². The van der Waals surface area contributed by atoms with Gasteiger partial charge < -0.3 is 19.3 Å². The van der Waals surface area contributed by atoms with E-state index in [1.54, 1.807) is 19.1 Å². The molecular weight excluding hydrogens is 276 g/mol. The zero-order valence-electron chi connectivity index (χ0n) is 12.2. The van der Waals surface area contributed by atoms with Gasteiger partial charge in [-0.15, -0.1) is 0 Å². The molecule has 6 nitrogen and oxygen atoms in total. The summed E-state index contributed by atoms with van der Waals surface area (Å²) in [6.07, 6.45) is 0.573. The summed E-state index contributed by atoms with van der Waals surface area (Å²) in [7, 11) is 2.96. The zero-order chi connectivity index (χ0) is 15.8. The molecule has 1 rings (SSSR count). The number of methoxy groups -OCH3 is 2. The molecule has 0 aromatic heterocycles. The van der Waals surface area contributed by atoms with E-state index in [1.807, 2.05) is 0 Å². The van der Waals surface area contributed by atoms with E-state index in [0.29, 0.717) is 17.1 Å². The summed E-state index contributed by atoms with van der Waals surface area (Å²) in [5.74, 6) is -0.496. The Bertz CT molecular complexity index is 547. The first-order valence-corrected chi connectivity index (χ1v) is 6.33. The number of hydrogen-bond acceptors (Lipinski definition) is 6. The molecule has 0 amide bonds. The number of aliphatic hydroxyl groups excluding tert-OH is 1. The first-order valence-electron chi connectivity index (χ1n) is 6.33. The maximum atomic E-state index is 11.6. The van der Waals surface area contributed by atoms with Crippen molar-refractivity contribution in [1.29, 1.82) is 0 Å². The van der Waals surface area contributed by atoms with Crippen molar-refractivity contribution < 1.29 is 28.9 Å². The lowest BCUT2D eigenvalue weighted by molar-refractivity contribution is -0.144. The fourth-order valence-electron chi connectivity index (χ4n) is 1.64. The van der Waals surface area contributed by atoms with Crippen molar-refractivity contribution in [1.82, 2.24) is 0 Å². The van der Waals surface area contributed by atoms with Gasteiger partial charge in [0.05, 0.1) is 20.8 Å². The smallest absolute Gasteiger partial charge is 0.313 e. The molecule has 0 unspecified atom stereocenters. The summed E-state index contributed by atoms with van der Waals surface area (Å²) in [5.41, 5.74) is 0.379. The standard InChI is InChI=1S/C15H18O6/c1-4-21-15(18)9-11(16)8-12(17)10-5-6-13(19-2)14(7-10)20-3/h5-8,17H,4,9H2,1-3H3/b12-8-. The number of carbonyl (C=O) groups is 2. The Balaban J connectivity index is 2.87. The molecule has 6 heteroatoms. The second-order valence-corrected chi connectivity index (χ2v) is 4.05. The number of rotatable bonds is 7. The minimum atomic E-state index is -0.626. The van der Waals surface area contributed by atoms with Crippen molar-refractivity contribution in [2.75, 3.05) is 20.8 Å². The van der Waals surface area contributed by atoms with Gasteiger partial charge in [0.15, 0.2) is 17.3 Å². The lowest BCUT2D eigenvalue weighted by Gasteiger charge is -2.09. The number of aliphatic hydroxyl groups is 1. The van der Waals surface area contributed by atoms with E-state index >= 15 is 0 Å². The van der Waals surface area contributed by atoms with E-state index in [-0.39, 0.29) is 12.4 Å². The number of carbonyl (C=O) groups excluding carboxylic acids is 2. The maximum Gasteiger partial charge on any atom is 0.313 e. The second-order valence-electron chi connectivity index (χ2n) is 4.05. The predicted octanol–water partition coefficient (Wildman–Crippen LogP) is 2.12. The largest absolute Gasteiger partial charge is 0.507 e. The molecule has 1 aromatic carbocycles. The Morgan fingerprint density at radius 3 is 2.43 bits per heavy atom. The topological polar surface area (TPSA) is 82.1 Å². The van der Waals surface area contributed by atoms with Crippen molar-refractivity contribution in [3.8, 4) is 11.5 Å². The number of esters is 1. The van der Waals surface area contributed by atoms with Crippen LogP contribution in [0.15, 0.2) is 24.3 Å². The van der Waals surface area contributed by atoms with Crippen LogP contribution in [0.3, 0.4) is 0 Å². The van der Waals surface area contributed by atoms with Crippen LogP contribution in [0.1, 0.15) is 18.9 Å². The number of hydrogen-bond donors (Lipinski definition) is 1. The third kappa shape index (κ3) is 4.83. The molecule has 0 aliphatic carbocycles. The Hall–Kier alpha value is -2.50. The second kappa shape index (κ2) is 7.94. The summed E-state index contributed by atoms with van der Waals surface area (Å²) < 4.78 is 14.8. The number of allylic oxidation sites excluding steroid dienone is 1. The Labute approximate surface area is 122 Å². The molecule has 0 saturated heterocycles. The van der Waals surface area contributed by atoms with Gasteiger partial charge >= 0.3 is 5.97 Å². The van der Waals surface area contributed by atoms with Crippen molar-refractivity contribution >= 4 is 17.5 Å². The number of ether oxygens (including phenoxy) is 3. The summed E-state index contributed by atoms with van der Waals surface area (Å²) in [6.45, 7) is 1.86. The summed E-state index contributed by atoms with van der Waals surface area (Å²) in [4.78, 5) is 22.8. The average molecular weight is 294 g/mol. The molecule has 0 saturated carbocycles. The van der Waals surface area contributed by atoms with Gasteiger partial charge in [-0.05, 0) is 25.1 Å². The van der Waals surface area contributed by atoms with E-state index in [4.69, 9.17) is 9.47 Å². The lowest BCUT2D eigenvalue weighted by Crippen LogP contribution is -2.09. The quantitative estimate of drug-likeness (QED) is 0.359. The normalized spacial score (nSPS) is 10.9. The molecule has 0 aliphatic heterocycles. The number of ketones is 1. The molecule has 0 atom stereocenters. The Morgan fingerprint density at radius 1 is 1.19 bits per heavy atom. The number of benzene rings is 1. The summed E-state index contributed by atoms with van der Waals surface area (Å²) >= 11 is 0. The van der Waals surface area contributed by atoms with Crippen LogP contribution in [-0.4, -0.2) is 37.7 Å². The highest BCUT2D eigenvalue weighted by atomic mass is 16.5. The van der Waals surface area contributed by atoms with Crippen LogP contribution in [0.5, 0.6) is 11.5 Å². The van der Waals surface area contributed by atoms with Crippen molar-refractivity contribution in [3.63, 3.8) is 0 Å². The van der Waals surface area contributed by atoms with Crippen LogP contribution >= 0.6 is 0 Å². The average Bonchev–Trinajstić information content (AvgIpc) is 2.46. The molecule has 0 fully saturated rings. The van der Waals surface area contributed by atoms with Crippen LogP contribution < -0.4 is 9.47 Å². The molecule has 0 spiro atoms. The molecule has 0 heterocycles. The lowest BCUT2D eigenvalue weighted by atomic mass is 10.1. The highest BCUT2D eigenvalue weighted by Crippen LogP contribution is 2.29. The zero-order valence-corrected chi connectivity index (χ0v) is 12.2. The monoisotopic (exact) mass is 294 g/mol. The van der Waals surface area contributed by atoms with Crippen LogP contribution in [0.2, 0.25) is 0 Å². The van der Waals surface area contributed by atoms with Crippen LogP contribution in [0.25, 0.3) is 5.76 Å². The van der Waals surface area contributed by atoms with E-state index in [0.717, 1.165) is 6.08 Å². The van der Waals surface area contributed by atoms with Crippen molar-refractivity contribution in [2.24, 2.45) is 0 Å². The van der Waals surface area contributed by atoms with Gasteiger partial charge in [0.25, 0.3) is 0 Å². The first-order chi connectivity index (χ1) is 10.0. The molecule has 1 aromatic rings. The van der Waals surface area contributed by atoms with Gasteiger partial charge in [-0.1, -0.05) is 0 Å². The van der Waals surface area contributed by atoms with Crippen molar-refractivity contribution in [3.05, 3.63) is 29.8 Å². The fraction of sp³-hybridized carbons (Fsp3) is 0.333. The molecular formula is C15H18O6. The fourth-order valence-corrected chi connectivity index (χ4v) is 1.64. The minimum Gasteiger partial charge on any atom is -0.507 e. The van der Waals surface area contributed by atoms with Crippen LogP contribution in [0, 0.1) is 0 Å².